The van der Waals surface area contributed by atoms with E-state index in [0.29, 0.717) is 40.2 Å². The Balaban J connectivity index is 0.000000180. The molecule has 0 radical (unpaired) electrons. The zero-order valence-corrected chi connectivity index (χ0v) is 47.0. The number of rotatable bonds is 18. The van der Waals surface area contributed by atoms with Gasteiger partial charge in [0.15, 0.2) is 34.6 Å². The molecule has 73 heavy (non-hydrogen) atoms. The van der Waals surface area contributed by atoms with E-state index in [-0.39, 0.29) is 0 Å². The van der Waals surface area contributed by atoms with Crippen molar-refractivity contribution in [3.05, 3.63) is 70.8 Å². The molecule has 6 fully saturated rings. The van der Waals surface area contributed by atoms with E-state index in [9.17, 15) is 9.59 Å². The highest BCUT2D eigenvalue weighted by atomic mass is 16.5. The second kappa shape index (κ2) is 23.7. The van der Waals surface area contributed by atoms with Gasteiger partial charge in [0.25, 0.3) is 0 Å². The molecule has 0 spiro atoms. The van der Waals surface area contributed by atoms with Crippen LogP contribution >= 0.6 is 0 Å². The van der Waals surface area contributed by atoms with Gasteiger partial charge < -0.3 is 18.9 Å². The fraction of sp³-hybridized carbons (Fsp3) is 0.723. The minimum atomic E-state index is 0.369. The zero-order chi connectivity index (χ0) is 51.4. The number of ether oxygens (including phenoxy) is 4. The number of benzene rings is 2. The van der Waals surface area contributed by atoms with Gasteiger partial charge in [-0.15, -0.1) is 0 Å². The van der Waals surface area contributed by atoms with Crippen molar-refractivity contribution >= 4 is 11.6 Å². The van der Waals surface area contributed by atoms with Gasteiger partial charge in [0.1, 0.15) is 0 Å². The summed E-state index contributed by atoms with van der Waals surface area (Å²) >= 11 is 0. The summed E-state index contributed by atoms with van der Waals surface area (Å²) in [5.74, 6) is 12.8. The number of allylic oxidation sites excluding steroid dienone is 2. The lowest BCUT2D eigenvalue weighted by Crippen LogP contribution is -2.49. The molecular weight excluding hydrogens is 905 g/mol. The Hall–Kier alpha value is -3.62. The SMILES string of the molecule is CCN(CC)Cc1ccc(OCC[C@H]2CCC3C4C(CCC32C)C2CCC(=O)C=C2C[C@H]4C)c(OC)c1.CCN(CC)Cc1ccc(OCC[C@H]2CCC3C4CCC5=CC(=O)CCC5C4CCC32C)c(OC)c1. The molecule has 2 aromatic rings. The molecule has 13 atom stereocenters. The first-order valence-corrected chi connectivity index (χ1v) is 29.8. The van der Waals surface area contributed by atoms with Crippen LogP contribution in [0, 0.1) is 75.9 Å². The molecule has 0 amide bonds. The van der Waals surface area contributed by atoms with Crippen LogP contribution in [0.25, 0.3) is 0 Å². The summed E-state index contributed by atoms with van der Waals surface area (Å²) in [5, 5.41) is 0. The molecule has 10 unspecified atom stereocenters. The third kappa shape index (κ3) is 11.3. The highest BCUT2D eigenvalue weighted by Crippen LogP contribution is 2.66. The van der Waals surface area contributed by atoms with Crippen molar-refractivity contribution < 1.29 is 28.5 Å². The lowest BCUT2D eigenvalue weighted by atomic mass is 9.49. The molecule has 0 bridgehead atoms. The molecule has 0 heterocycles. The van der Waals surface area contributed by atoms with Gasteiger partial charge in [-0.1, -0.05) is 71.7 Å². The third-order valence-corrected chi connectivity index (χ3v) is 21.8. The highest BCUT2D eigenvalue weighted by molar-refractivity contribution is 5.91. The van der Waals surface area contributed by atoms with Crippen LogP contribution in [0.1, 0.15) is 169 Å². The molecule has 0 aromatic heterocycles. The first-order valence-electron chi connectivity index (χ1n) is 29.8. The topological polar surface area (TPSA) is 77.5 Å². The first-order chi connectivity index (χ1) is 35.3. The first kappa shape index (κ1) is 54.2. The van der Waals surface area contributed by atoms with Gasteiger partial charge in [-0.2, -0.15) is 0 Å². The molecule has 6 saturated carbocycles. The van der Waals surface area contributed by atoms with E-state index in [1.807, 2.05) is 12.2 Å². The van der Waals surface area contributed by atoms with E-state index in [4.69, 9.17) is 18.9 Å². The third-order valence-electron chi connectivity index (χ3n) is 21.8. The summed E-state index contributed by atoms with van der Waals surface area (Å²) in [6, 6.07) is 12.9. The van der Waals surface area contributed by atoms with E-state index < -0.39 is 0 Å². The summed E-state index contributed by atoms with van der Waals surface area (Å²) in [6.07, 6.45) is 24.6. The van der Waals surface area contributed by atoms with Crippen molar-refractivity contribution in [1.29, 1.82) is 0 Å². The van der Waals surface area contributed by atoms with Gasteiger partial charge in [-0.05, 0) is 246 Å². The molecule has 8 aliphatic rings. The number of hydrogen-bond acceptors (Lipinski definition) is 8. The van der Waals surface area contributed by atoms with Gasteiger partial charge in [0.05, 0.1) is 27.4 Å². The standard InChI is InChI=1S/C33H49NO3.C32H47NO3/c1-6-34(7-2)21-23-8-13-30(31(19-23)36-5)37-17-15-25-9-12-29-32-22(3)18-24-20-26(35)10-11-27(24)28(32)14-16-33(25,29)4;1-5-33(6-2)21-22-7-14-30(31(19-22)35-4)36-18-16-24-9-13-29-28-11-8-23-20-25(34)10-12-26(23)27(28)15-17-32(24,29)3/h8,13,19-20,22,25,27-29,32H,6-7,9-12,14-18,21H2,1-5H3;7,14,19-20,24,26-29H,5-6,8-13,15-18,21H2,1-4H3/t22-,25-,27?,28?,29?,32?,33?;24-,26?,27?,28?,29?,32?/m11/s1. The Bertz CT molecular complexity index is 2280. The van der Waals surface area contributed by atoms with Crippen molar-refractivity contribution in [2.45, 2.75) is 171 Å². The maximum Gasteiger partial charge on any atom is 0.161 e. The minimum Gasteiger partial charge on any atom is -0.493 e. The Labute approximate surface area is 442 Å². The van der Waals surface area contributed by atoms with E-state index in [1.54, 1.807) is 14.2 Å². The number of hydrogen-bond donors (Lipinski definition) is 0. The van der Waals surface area contributed by atoms with Gasteiger partial charge >= 0.3 is 0 Å². The van der Waals surface area contributed by atoms with Gasteiger partial charge in [0.2, 0.25) is 0 Å². The molecule has 0 saturated heterocycles. The number of ketones is 2. The molecule has 402 valence electrons. The monoisotopic (exact) mass is 1000 g/mol. The van der Waals surface area contributed by atoms with Crippen LogP contribution in [0.15, 0.2) is 59.7 Å². The Morgan fingerprint density at radius 2 is 1.04 bits per heavy atom. The van der Waals surface area contributed by atoms with Crippen molar-refractivity contribution in [2.75, 3.05) is 53.6 Å². The predicted octanol–water partition coefficient (Wildman–Crippen LogP) is 14.4. The summed E-state index contributed by atoms with van der Waals surface area (Å²) in [5.41, 5.74) is 6.43. The number of methoxy groups -OCH3 is 2. The smallest absolute Gasteiger partial charge is 0.161 e. The summed E-state index contributed by atoms with van der Waals surface area (Å²) in [7, 11) is 3.50. The van der Waals surface area contributed by atoms with Crippen molar-refractivity contribution in [3.8, 4) is 23.0 Å². The fourth-order valence-electron chi connectivity index (χ4n) is 17.8. The number of carbonyl (C=O) groups is 2. The molecule has 2 aromatic carbocycles. The summed E-state index contributed by atoms with van der Waals surface area (Å²) in [4.78, 5) is 28.9. The Morgan fingerprint density at radius 3 is 1.58 bits per heavy atom. The van der Waals surface area contributed by atoms with Crippen molar-refractivity contribution in [2.24, 2.45) is 75.9 Å². The van der Waals surface area contributed by atoms with Gasteiger partial charge in [-0.3, -0.25) is 19.4 Å². The fourth-order valence-corrected chi connectivity index (χ4v) is 17.8. The van der Waals surface area contributed by atoms with Crippen LogP contribution in [0.4, 0.5) is 0 Å². The molecule has 0 N–H and O–H groups in total. The molecule has 8 nitrogen and oxygen atoms in total. The van der Waals surface area contributed by atoms with Crippen LogP contribution < -0.4 is 18.9 Å². The van der Waals surface area contributed by atoms with E-state index in [2.05, 4.69) is 94.7 Å². The second-order valence-corrected chi connectivity index (χ2v) is 25.0. The van der Waals surface area contributed by atoms with Crippen molar-refractivity contribution in [3.63, 3.8) is 0 Å². The average Bonchev–Trinajstić information content (AvgIpc) is 3.93. The van der Waals surface area contributed by atoms with Gasteiger partial charge in [-0.25, -0.2) is 0 Å². The maximum absolute atomic E-state index is 12.1. The highest BCUT2D eigenvalue weighted by Gasteiger charge is 2.58. The molecular formula is C65H96N2O6. The van der Waals surface area contributed by atoms with E-state index >= 15 is 0 Å². The van der Waals surface area contributed by atoms with Crippen LogP contribution in [0.2, 0.25) is 0 Å². The quantitative estimate of drug-likeness (QED) is 0.146. The van der Waals surface area contributed by atoms with Crippen LogP contribution in [0.5, 0.6) is 23.0 Å². The van der Waals surface area contributed by atoms with E-state index in [1.165, 1.54) is 86.5 Å². The molecule has 8 heteroatoms. The lowest BCUT2D eigenvalue weighted by Gasteiger charge is -2.56. The van der Waals surface area contributed by atoms with Gasteiger partial charge in [0, 0.05) is 25.9 Å². The van der Waals surface area contributed by atoms with E-state index in [0.717, 1.165) is 168 Å². The normalized spacial score (nSPS) is 34.3. The summed E-state index contributed by atoms with van der Waals surface area (Å²) in [6.45, 7) is 24.2. The number of nitrogens with zero attached hydrogens (tertiary/aromatic N) is 2. The largest absolute Gasteiger partial charge is 0.493 e. The Morgan fingerprint density at radius 1 is 0.548 bits per heavy atom. The number of carbonyl (C=O) groups excluding carboxylic acids is 2. The lowest BCUT2D eigenvalue weighted by molar-refractivity contribution is -0.117. The Kier molecular flexibility index (Phi) is 17.6. The minimum absolute atomic E-state index is 0.369. The molecule has 10 rings (SSSR count). The second-order valence-electron chi connectivity index (χ2n) is 25.0. The van der Waals surface area contributed by atoms with Crippen molar-refractivity contribution in [1.82, 2.24) is 9.80 Å². The maximum atomic E-state index is 12.1. The van der Waals surface area contributed by atoms with Crippen LogP contribution in [0.3, 0.4) is 0 Å². The summed E-state index contributed by atoms with van der Waals surface area (Å²) < 4.78 is 24.1. The predicted molar refractivity (Wildman–Crippen MR) is 295 cm³/mol. The number of fused-ring (bicyclic) bond motifs is 10. The zero-order valence-electron chi connectivity index (χ0n) is 47.0. The van der Waals surface area contributed by atoms with Crippen LogP contribution in [-0.4, -0.2) is 75.0 Å². The molecule has 0 aliphatic heterocycles. The van der Waals surface area contributed by atoms with Crippen LogP contribution in [-0.2, 0) is 22.7 Å². The average molecular weight is 1000 g/mol. The molecule has 8 aliphatic carbocycles.